The largest absolute Gasteiger partial charge is 0.494 e. The summed E-state index contributed by atoms with van der Waals surface area (Å²) in [6, 6.07) is 10.6. The van der Waals surface area contributed by atoms with Crippen molar-refractivity contribution >= 4 is 49.8 Å². The monoisotopic (exact) mass is 600 g/mol. The average Bonchev–Trinajstić information content (AvgIpc) is 2.82. The van der Waals surface area contributed by atoms with E-state index in [0.717, 1.165) is 6.07 Å². The van der Waals surface area contributed by atoms with Gasteiger partial charge in [-0.15, -0.1) is 3.89 Å². The van der Waals surface area contributed by atoms with Crippen LogP contribution in [0.25, 0.3) is 0 Å². The maximum absolute atomic E-state index is 13.7. The number of nitrogen functional groups attached to an aromatic ring is 3. The van der Waals surface area contributed by atoms with Crippen LogP contribution in [0.15, 0.2) is 47.4 Å². The van der Waals surface area contributed by atoms with Crippen LogP contribution in [0.4, 0.5) is 27.2 Å². The number of nitrogens with one attached hydrogen (secondary N) is 1. The molecule has 0 aliphatic heterocycles. The number of amides is 1. The number of hydrogen-bond donors (Lipinski definition) is 6. The predicted octanol–water partition coefficient (Wildman–Crippen LogP) is 2.62. The van der Waals surface area contributed by atoms with Crippen LogP contribution in [-0.2, 0) is 27.0 Å². The summed E-state index contributed by atoms with van der Waals surface area (Å²) in [6.45, 7) is 3.85. The standard InChI is InChI=1S/C23H27FN6O4S.H2O4S/c1-13(2)17-10-5-14(12-19(17)35(24,32)33)22(31)28-15-6-8-16(9-7-15)34-11-3-4-18-20(25)29-23(27)30-21(18)26;1-5(2,3)4/h5-10,12-13H,3-4,11H2,1-2H3,(H,28,31)(H6,25,26,27,29,30);(H2,1,2,3,4). The molecule has 3 aromatic rings. The van der Waals surface area contributed by atoms with Gasteiger partial charge in [0.15, 0.2) is 0 Å². The van der Waals surface area contributed by atoms with Gasteiger partial charge in [0.1, 0.15) is 22.3 Å². The van der Waals surface area contributed by atoms with E-state index in [1.807, 2.05) is 0 Å². The van der Waals surface area contributed by atoms with E-state index in [0.29, 0.717) is 42.0 Å². The van der Waals surface area contributed by atoms with Gasteiger partial charge in [0.05, 0.1) is 6.61 Å². The van der Waals surface area contributed by atoms with Gasteiger partial charge in [0.2, 0.25) is 5.95 Å². The third-order valence-corrected chi connectivity index (χ3v) is 6.08. The Hall–Kier alpha value is -4.06. The molecule has 0 atom stereocenters. The van der Waals surface area contributed by atoms with Crippen molar-refractivity contribution in [3.63, 3.8) is 0 Å². The zero-order valence-corrected chi connectivity index (χ0v) is 23.0. The topological polar surface area (TPSA) is 251 Å². The Kier molecular flexibility index (Phi) is 10.7. The van der Waals surface area contributed by atoms with Gasteiger partial charge in [0, 0.05) is 16.8 Å². The Bertz CT molecular complexity index is 1540. The number of carbonyl (C=O) groups is 1. The van der Waals surface area contributed by atoms with Crippen LogP contribution in [0.5, 0.6) is 5.75 Å². The first-order valence-electron chi connectivity index (χ1n) is 11.5. The molecule has 218 valence electrons. The van der Waals surface area contributed by atoms with E-state index in [-0.39, 0.29) is 29.1 Å². The molecule has 14 nitrogen and oxygen atoms in total. The summed E-state index contributed by atoms with van der Waals surface area (Å²) in [6.07, 6.45) is 1.12. The van der Waals surface area contributed by atoms with Gasteiger partial charge in [-0.2, -0.15) is 26.8 Å². The van der Waals surface area contributed by atoms with Crippen LogP contribution >= 0.6 is 0 Å². The van der Waals surface area contributed by atoms with Crippen molar-refractivity contribution in [2.24, 2.45) is 0 Å². The second-order valence-corrected chi connectivity index (χ2v) is 10.8. The Morgan fingerprint density at radius 1 is 1.00 bits per heavy atom. The molecule has 2 aromatic carbocycles. The number of aromatic nitrogens is 2. The average molecular weight is 601 g/mol. The molecule has 3 rings (SSSR count). The fourth-order valence-corrected chi connectivity index (χ4v) is 4.29. The molecule has 1 aromatic heterocycles. The van der Waals surface area contributed by atoms with Crippen molar-refractivity contribution in [3.05, 3.63) is 59.2 Å². The molecule has 9 N–H and O–H groups in total. The molecule has 1 amide bonds. The zero-order chi connectivity index (χ0) is 30.3. The van der Waals surface area contributed by atoms with Crippen LogP contribution in [0.2, 0.25) is 0 Å². The van der Waals surface area contributed by atoms with E-state index >= 15 is 0 Å². The van der Waals surface area contributed by atoms with E-state index in [4.69, 9.17) is 39.5 Å². The molecule has 0 fully saturated rings. The van der Waals surface area contributed by atoms with Crippen LogP contribution in [-0.4, -0.2) is 48.4 Å². The number of nitrogens with two attached hydrogens (primary N) is 3. The SMILES string of the molecule is CC(C)c1ccc(C(=O)Nc2ccc(OCCCc3c(N)nc(N)nc3N)cc2)cc1S(=O)(=O)F.O=S(=O)(O)O. The number of halogens is 1. The van der Waals surface area contributed by atoms with E-state index in [9.17, 15) is 17.1 Å². The Balaban J connectivity index is 0.00000103. The van der Waals surface area contributed by atoms with Crippen LogP contribution in [0.1, 0.15) is 47.7 Å². The number of rotatable bonds is 9. The lowest BCUT2D eigenvalue weighted by Gasteiger charge is -2.12. The lowest BCUT2D eigenvalue weighted by Crippen LogP contribution is -2.13. The number of carbonyl (C=O) groups excluding carboxylic acids is 1. The zero-order valence-electron chi connectivity index (χ0n) is 21.4. The van der Waals surface area contributed by atoms with Crippen molar-refractivity contribution < 1.29 is 39.4 Å². The number of benzene rings is 2. The van der Waals surface area contributed by atoms with Gasteiger partial charge in [-0.25, -0.2) is 0 Å². The summed E-state index contributed by atoms with van der Waals surface area (Å²) in [5.41, 5.74) is 18.6. The molecule has 0 unspecified atom stereocenters. The predicted molar refractivity (Wildman–Crippen MR) is 146 cm³/mol. The van der Waals surface area contributed by atoms with Crippen LogP contribution in [0.3, 0.4) is 0 Å². The van der Waals surface area contributed by atoms with E-state index in [1.165, 1.54) is 12.1 Å². The van der Waals surface area contributed by atoms with Crippen molar-refractivity contribution in [1.29, 1.82) is 0 Å². The molecule has 0 aliphatic rings. The smallest absolute Gasteiger partial charge is 0.394 e. The summed E-state index contributed by atoms with van der Waals surface area (Å²) in [5, 5.41) is 2.65. The first-order valence-corrected chi connectivity index (χ1v) is 14.2. The minimum absolute atomic E-state index is 0.0210. The Labute approximate surface area is 230 Å². The number of hydrogen-bond acceptors (Lipinski definition) is 11. The first-order chi connectivity index (χ1) is 18.5. The van der Waals surface area contributed by atoms with Gasteiger partial charge in [-0.3, -0.25) is 13.9 Å². The molecular formula is C23H29FN6O8S2. The molecule has 0 aliphatic carbocycles. The Morgan fingerprint density at radius 3 is 2.05 bits per heavy atom. The lowest BCUT2D eigenvalue weighted by atomic mass is 10.0. The third-order valence-electron chi connectivity index (χ3n) is 5.20. The third kappa shape index (κ3) is 10.3. The number of ether oxygens (including phenoxy) is 1. The summed E-state index contributed by atoms with van der Waals surface area (Å²) in [7, 11) is -9.64. The van der Waals surface area contributed by atoms with E-state index in [1.54, 1.807) is 38.1 Å². The van der Waals surface area contributed by atoms with E-state index in [2.05, 4.69) is 15.3 Å². The highest BCUT2D eigenvalue weighted by Gasteiger charge is 2.21. The van der Waals surface area contributed by atoms with Crippen LogP contribution < -0.4 is 27.3 Å². The first kappa shape index (κ1) is 32.2. The summed E-state index contributed by atoms with van der Waals surface area (Å²) >= 11 is 0. The molecule has 0 saturated carbocycles. The Morgan fingerprint density at radius 2 is 1.55 bits per heavy atom. The van der Waals surface area contributed by atoms with Crippen molar-refractivity contribution in [1.82, 2.24) is 9.97 Å². The fraction of sp³-hybridized carbons (Fsp3) is 0.261. The van der Waals surface area contributed by atoms with Crippen LogP contribution in [0, 0.1) is 0 Å². The summed E-state index contributed by atoms with van der Waals surface area (Å²) < 4.78 is 74.1. The number of nitrogens with zero attached hydrogens (tertiary/aromatic N) is 2. The highest BCUT2D eigenvalue weighted by atomic mass is 32.3. The molecule has 0 radical (unpaired) electrons. The quantitative estimate of drug-likeness (QED) is 0.117. The minimum Gasteiger partial charge on any atom is -0.494 e. The summed E-state index contributed by atoms with van der Waals surface area (Å²) in [4.78, 5) is 19.9. The highest BCUT2D eigenvalue weighted by Crippen LogP contribution is 2.27. The van der Waals surface area contributed by atoms with Gasteiger partial charge in [-0.1, -0.05) is 19.9 Å². The molecule has 0 bridgehead atoms. The van der Waals surface area contributed by atoms with Crippen molar-refractivity contribution in [2.75, 3.05) is 29.1 Å². The van der Waals surface area contributed by atoms with E-state index < -0.39 is 31.4 Å². The molecule has 40 heavy (non-hydrogen) atoms. The second-order valence-electron chi connectivity index (χ2n) is 8.55. The van der Waals surface area contributed by atoms with Gasteiger partial charge < -0.3 is 27.3 Å². The molecule has 1 heterocycles. The molecular weight excluding hydrogens is 571 g/mol. The van der Waals surface area contributed by atoms with Gasteiger partial charge >= 0.3 is 20.6 Å². The summed E-state index contributed by atoms with van der Waals surface area (Å²) in [5.74, 6) is 0.280. The fourth-order valence-electron chi connectivity index (χ4n) is 3.43. The molecule has 0 saturated heterocycles. The van der Waals surface area contributed by atoms with Gasteiger partial charge in [-0.05, 0) is 60.7 Å². The number of anilines is 4. The maximum atomic E-state index is 13.7. The highest BCUT2D eigenvalue weighted by molar-refractivity contribution is 7.86. The molecule has 17 heteroatoms. The maximum Gasteiger partial charge on any atom is 0.394 e. The second kappa shape index (κ2) is 13.3. The molecule has 0 spiro atoms. The van der Waals surface area contributed by atoms with Crippen molar-refractivity contribution in [3.8, 4) is 5.75 Å². The normalized spacial score (nSPS) is 11.4. The lowest BCUT2D eigenvalue weighted by molar-refractivity contribution is 0.102. The van der Waals surface area contributed by atoms with Gasteiger partial charge in [0.25, 0.3) is 5.91 Å². The minimum atomic E-state index is -4.97. The van der Waals surface area contributed by atoms with Crippen molar-refractivity contribution in [2.45, 2.75) is 37.5 Å².